The molecular formula is C10H18N2O2. The highest BCUT2D eigenvalue weighted by molar-refractivity contribution is 4.97. The topological polar surface area (TPSA) is 48.6 Å². The second kappa shape index (κ2) is 6.59. The summed E-state index contributed by atoms with van der Waals surface area (Å²) in [4.78, 5) is 2.17. The van der Waals surface area contributed by atoms with E-state index in [0.717, 1.165) is 25.4 Å². The molecule has 0 aliphatic heterocycles. The highest BCUT2D eigenvalue weighted by atomic mass is 16.3. The first-order valence-corrected chi connectivity index (χ1v) is 4.85. The third-order valence-electron chi connectivity index (χ3n) is 1.96. The van der Waals surface area contributed by atoms with Crippen LogP contribution in [-0.2, 0) is 6.54 Å². The van der Waals surface area contributed by atoms with Crippen molar-refractivity contribution < 1.29 is 9.52 Å². The van der Waals surface area contributed by atoms with Crippen LogP contribution in [0.15, 0.2) is 22.8 Å². The molecule has 14 heavy (non-hydrogen) atoms. The van der Waals surface area contributed by atoms with E-state index in [4.69, 9.17) is 9.52 Å². The number of aliphatic hydroxyl groups is 1. The smallest absolute Gasteiger partial charge is 0.117 e. The van der Waals surface area contributed by atoms with Crippen LogP contribution in [0.2, 0.25) is 0 Å². The summed E-state index contributed by atoms with van der Waals surface area (Å²) >= 11 is 0. The van der Waals surface area contributed by atoms with Gasteiger partial charge in [-0.3, -0.25) is 4.90 Å². The summed E-state index contributed by atoms with van der Waals surface area (Å²) < 4.78 is 5.23. The van der Waals surface area contributed by atoms with E-state index in [9.17, 15) is 0 Å². The largest absolute Gasteiger partial charge is 0.468 e. The minimum Gasteiger partial charge on any atom is -0.468 e. The van der Waals surface area contributed by atoms with Gasteiger partial charge < -0.3 is 14.8 Å². The van der Waals surface area contributed by atoms with Gasteiger partial charge in [0.05, 0.1) is 19.4 Å². The number of likely N-dealkylation sites (N-methyl/N-ethyl adjacent to an activating group) is 1. The van der Waals surface area contributed by atoms with E-state index < -0.39 is 0 Å². The predicted molar refractivity (Wildman–Crippen MR) is 55.0 cm³/mol. The Hall–Kier alpha value is -0.840. The normalized spacial score (nSPS) is 11.1. The summed E-state index contributed by atoms with van der Waals surface area (Å²) in [6.07, 6.45) is 1.69. The Morgan fingerprint density at radius 1 is 1.50 bits per heavy atom. The lowest BCUT2D eigenvalue weighted by atomic mass is 10.4. The van der Waals surface area contributed by atoms with E-state index in [1.54, 1.807) is 6.26 Å². The molecule has 0 radical (unpaired) electrons. The molecule has 0 saturated carbocycles. The van der Waals surface area contributed by atoms with Crippen molar-refractivity contribution in [2.75, 3.05) is 33.3 Å². The minimum atomic E-state index is 0.196. The van der Waals surface area contributed by atoms with Gasteiger partial charge in [0, 0.05) is 19.6 Å². The van der Waals surface area contributed by atoms with Gasteiger partial charge in [-0.05, 0) is 19.2 Å². The van der Waals surface area contributed by atoms with E-state index in [1.807, 2.05) is 19.2 Å². The molecule has 1 heterocycles. The Labute approximate surface area is 84.5 Å². The van der Waals surface area contributed by atoms with Gasteiger partial charge in [0.1, 0.15) is 5.76 Å². The molecule has 0 aliphatic rings. The predicted octanol–water partition coefficient (Wildman–Crippen LogP) is 0.293. The van der Waals surface area contributed by atoms with Crippen LogP contribution >= 0.6 is 0 Å². The molecule has 4 nitrogen and oxygen atoms in total. The fraction of sp³-hybridized carbons (Fsp3) is 0.600. The molecule has 0 spiro atoms. The van der Waals surface area contributed by atoms with Gasteiger partial charge >= 0.3 is 0 Å². The van der Waals surface area contributed by atoms with Crippen molar-refractivity contribution in [3.05, 3.63) is 24.2 Å². The first-order valence-electron chi connectivity index (χ1n) is 4.85. The van der Waals surface area contributed by atoms with Crippen molar-refractivity contribution in [2.24, 2.45) is 0 Å². The highest BCUT2D eigenvalue weighted by Gasteiger charge is 2.01. The van der Waals surface area contributed by atoms with Crippen molar-refractivity contribution in [1.82, 2.24) is 10.2 Å². The van der Waals surface area contributed by atoms with Gasteiger partial charge in [-0.15, -0.1) is 0 Å². The van der Waals surface area contributed by atoms with Gasteiger partial charge in [-0.25, -0.2) is 0 Å². The maximum absolute atomic E-state index is 8.55. The second-order valence-corrected chi connectivity index (χ2v) is 3.29. The summed E-state index contributed by atoms with van der Waals surface area (Å²) in [6.45, 7) is 3.52. The minimum absolute atomic E-state index is 0.196. The molecule has 0 aliphatic carbocycles. The van der Waals surface area contributed by atoms with Gasteiger partial charge in [0.15, 0.2) is 0 Å². The van der Waals surface area contributed by atoms with Crippen molar-refractivity contribution in [3.8, 4) is 0 Å². The molecule has 1 aromatic heterocycles. The lowest BCUT2D eigenvalue weighted by molar-refractivity contribution is 0.272. The Morgan fingerprint density at radius 3 is 3.00 bits per heavy atom. The Bertz CT molecular complexity index is 224. The first-order chi connectivity index (χ1) is 6.83. The average molecular weight is 198 g/mol. The molecule has 80 valence electrons. The summed E-state index contributed by atoms with van der Waals surface area (Å²) in [5.41, 5.74) is 0. The number of furan rings is 1. The number of rotatable bonds is 7. The number of nitrogens with one attached hydrogen (secondary N) is 1. The number of hydrogen-bond acceptors (Lipinski definition) is 4. The maximum atomic E-state index is 8.55. The molecule has 0 amide bonds. The molecule has 0 aromatic carbocycles. The van der Waals surface area contributed by atoms with Crippen molar-refractivity contribution in [1.29, 1.82) is 0 Å². The summed E-state index contributed by atoms with van der Waals surface area (Å²) in [5.74, 6) is 0.981. The molecule has 2 N–H and O–H groups in total. The van der Waals surface area contributed by atoms with E-state index in [1.165, 1.54) is 0 Å². The lowest BCUT2D eigenvalue weighted by Crippen LogP contribution is -2.30. The van der Waals surface area contributed by atoms with E-state index in [-0.39, 0.29) is 6.61 Å². The monoisotopic (exact) mass is 198 g/mol. The molecule has 0 bridgehead atoms. The van der Waals surface area contributed by atoms with Crippen LogP contribution in [0.5, 0.6) is 0 Å². The van der Waals surface area contributed by atoms with E-state index in [0.29, 0.717) is 6.54 Å². The Kier molecular flexibility index (Phi) is 5.29. The third-order valence-corrected chi connectivity index (χ3v) is 1.96. The lowest BCUT2D eigenvalue weighted by Gasteiger charge is -2.14. The van der Waals surface area contributed by atoms with E-state index >= 15 is 0 Å². The Morgan fingerprint density at radius 2 is 2.36 bits per heavy atom. The zero-order chi connectivity index (χ0) is 10.2. The number of aliphatic hydroxyl groups excluding tert-OH is 1. The fourth-order valence-electron chi connectivity index (χ4n) is 1.22. The zero-order valence-electron chi connectivity index (χ0n) is 8.57. The van der Waals surface area contributed by atoms with Crippen molar-refractivity contribution in [3.63, 3.8) is 0 Å². The molecule has 0 atom stereocenters. The van der Waals surface area contributed by atoms with Gasteiger partial charge in [0.2, 0.25) is 0 Å². The molecular weight excluding hydrogens is 180 g/mol. The number of nitrogens with zero attached hydrogens (tertiary/aromatic N) is 1. The molecule has 4 heteroatoms. The SMILES string of the molecule is CN(CCNCCO)Cc1ccco1. The second-order valence-electron chi connectivity index (χ2n) is 3.29. The van der Waals surface area contributed by atoms with Gasteiger partial charge in [0.25, 0.3) is 0 Å². The maximum Gasteiger partial charge on any atom is 0.117 e. The van der Waals surface area contributed by atoms with Crippen LogP contribution < -0.4 is 5.32 Å². The highest BCUT2D eigenvalue weighted by Crippen LogP contribution is 2.02. The summed E-state index contributed by atoms with van der Waals surface area (Å²) in [6, 6.07) is 3.87. The third kappa shape index (κ3) is 4.41. The van der Waals surface area contributed by atoms with Crippen LogP contribution in [0.3, 0.4) is 0 Å². The molecule has 0 fully saturated rings. The van der Waals surface area contributed by atoms with Crippen molar-refractivity contribution >= 4 is 0 Å². The summed E-state index contributed by atoms with van der Waals surface area (Å²) in [7, 11) is 2.04. The van der Waals surface area contributed by atoms with Gasteiger partial charge in [-0.1, -0.05) is 0 Å². The summed E-state index contributed by atoms with van der Waals surface area (Å²) in [5, 5.41) is 11.7. The standard InChI is InChI=1S/C10H18N2O2/c1-12(6-4-11-5-7-13)9-10-3-2-8-14-10/h2-3,8,11,13H,4-7,9H2,1H3. The molecule has 0 saturated heterocycles. The quantitative estimate of drug-likeness (QED) is 0.618. The number of hydrogen-bond donors (Lipinski definition) is 2. The van der Waals surface area contributed by atoms with Crippen molar-refractivity contribution in [2.45, 2.75) is 6.54 Å². The van der Waals surface area contributed by atoms with Crippen LogP contribution in [0.25, 0.3) is 0 Å². The molecule has 0 unspecified atom stereocenters. The van der Waals surface area contributed by atoms with Crippen LogP contribution in [0.4, 0.5) is 0 Å². The molecule has 1 aromatic rings. The van der Waals surface area contributed by atoms with Gasteiger partial charge in [-0.2, -0.15) is 0 Å². The Balaban J connectivity index is 2.07. The fourth-order valence-corrected chi connectivity index (χ4v) is 1.22. The van der Waals surface area contributed by atoms with Crippen LogP contribution in [0.1, 0.15) is 5.76 Å². The first kappa shape index (κ1) is 11.2. The molecule has 1 rings (SSSR count). The average Bonchev–Trinajstić information content (AvgIpc) is 2.65. The van der Waals surface area contributed by atoms with Crippen LogP contribution in [0, 0.1) is 0 Å². The van der Waals surface area contributed by atoms with E-state index in [2.05, 4.69) is 10.2 Å². The van der Waals surface area contributed by atoms with Crippen LogP contribution in [-0.4, -0.2) is 43.3 Å². The zero-order valence-corrected chi connectivity index (χ0v) is 8.57.